The Bertz CT molecular complexity index is 974. The fraction of sp³-hybridized carbons (Fsp3) is 0.400. The summed E-state index contributed by atoms with van der Waals surface area (Å²) in [5.41, 5.74) is 5.80. The molecule has 0 aliphatic heterocycles. The molecule has 0 fully saturated rings. The Balaban J connectivity index is 1.39. The number of methoxy groups -OCH3 is 1. The monoisotopic (exact) mass is 428 g/mol. The second kappa shape index (κ2) is 10.7. The Morgan fingerprint density at radius 2 is 1.31 bits per heavy atom. The van der Waals surface area contributed by atoms with Gasteiger partial charge in [0.2, 0.25) is 0 Å². The molecule has 3 unspecified atom stereocenters. The average Bonchev–Trinajstić information content (AvgIpc) is 2.86. The molecule has 0 radical (unpaired) electrons. The lowest BCUT2D eigenvalue weighted by molar-refractivity contribution is 0.234. The van der Waals surface area contributed by atoms with Crippen LogP contribution >= 0.6 is 0 Å². The van der Waals surface area contributed by atoms with Crippen molar-refractivity contribution < 1.29 is 9.47 Å². The van der Waals surface area contributed by atoms with Gasteiger partial charge in [-0.1, -0.05) is 62.4 Å². The lowest BCUT2D eigenvalue weighted by Gasteiger charge is -2.27. The van der Waals surface area contributed by atoms with Crippen LogP contribution in [0.3, 0.4) is 0 Å². The molecule has 0 bridgehead atoms. The van der Waals surface area contributed by atoms with Gasteiger partial charge in [0.15, 0.2) is 0 Å². The maximum absolute atomic E-state index is 6.21. The first-order chi connectivity index (χ1) is 15.7. The summed E-state index contributed by atoms with van der Waals surface area (Å²) in [4.78, 5) is 0. The Hall–Kier alpha value is -2.74. The number of ether oxygens (including phenoxy) is 2. The summed E-state index contributed by atoms with van der Waals surface area (Å²) >= 11 is 0. The van der Waals surface area contributed by atoms with Gasteiger partial charge in [-0.05, 0) is 96.4 Å². The zero-order chi connectivity index (χ0) is 22.3. The third-order valence-corrected chi connectivity index (χ3v) is 7.15. The third kappa shape index (κ3) is 5.18. The molecule has 3 atom stereocenters. The van der Waals surface area contributed by atoms with Crippen molar-refractivity contribution >= 4 is 0 Å². The van der Waals surface area contributed by atoms with Crippen LogP contribution in [0.5, 0.6) is 11.5 Å². The van der Waals surface area contributed by atoms with Crippen LogP contribution in [0.4, 0.5) is 0 Å². The zero-order valence-corrected chi connectivity index (χ0v) is 19.7. The van der Waals surface area contributed by atoms with Crippen LogP contribution in [0.2, 0.25) is 0 Å². The molecule has 4 rings (SSSR count). The highest BCUT2D eigenvalue weighted by atomic mass is 16.5. The smallest absolute Gasteiger partial charge is 0.119 e. The predicted molar refractivity (Wildman–Crippen MR) is 133 cm³/mol. The minimum atomic E-state index is 0.497. The molecule has 3 aromatic carbocycles. The van der Waals surface area contributed by atoms with E-state index in [1.165, 1.54) is 35.1 Å². The van der Waals surface area contributed by atoms with Crippen LogP contribution in [-0.4, -0.2) is 13.7 Å². The fourth-order valence-electron chi connectivity index (χ4n) is 5.30. The third-order valence-electron chi connectivity index (χ3n) is 7.15. The van der Waals surface area contributed by atoms with Gasteiger partial charge in [-0.3, -0.25) is 0 Å². The molecule has 0 aromatic heterocycles. The molecule has 2 heteroatoms. The fourth-order valence-corrected chi connectivity index (χ4v) is 5.30. The first kappa shape index (κ1) is 22.5. The lowest BCUT2D eigenvalue weighted by Crippen LogP contribution is -2.20. The molecule has 0 amide bonds. The van der Waals surface area contributed by atoms with E-state index < -0.39 is 0 Å². The van der Waals surface area contributed by atoms with Gasteiger partial charge < -0.3 is 9.47 Å². The van der Waals surface area contributed by atoms with Gasteiger partial charge in [0.25, 0.3) is 0 Å². The van der Waals surface area contributed by atoms with Crippen molar-refractivity contribution in [1.82, 2.24) is 0 Å². The number of benzene rings is 3. The van der Waals surface area contributed by atoms with Crippen LogP contribution in [0.15, 0.2) is 72.8 Å². The SMILES string of the molecule is CCC(c1ccc(OC)cc1)C(CC)c1ccc(OCC2CCc3ccccc3C2)cc1. The molecule has 3 aromatic rings. The van der Waals surface area contributed by atoms with Gasteiger partial charge in [-0.2, -0.15) is 0 Å². The maximum atomic E-state index is 6.21. The molecule has 0 heterocycles. The number of aryl methyl sites for hydroxylation is 1. The van der Waals surface area contributed by atoms with Crippen molar-refractivity contribution in [2.75, 3.05) is 13.7 Å². The van der Waals surface area contributed by atoms with Gasteiger partial charge in [0.1, 0.15) is 11.5 Å². The van der Waals surface area contributed by atoms with E-state index >= 15 is 0 Å². The summed E-state index contributed by atoms with van der Waals surface area (Å²) in [6, 6.07) is 26.3. The van der Waals surface area contributed by atoms with Crippen molar-refractivity contribution in [2.45, 2.75) is 57.8 Å². The number of rotatable bonds is 9. The molecule has 0 saturated carbocycles. The van der Waals surface area contributed by atoms with Gasteiger partial charge in [0.05, 0.1) is 13.7 Å². The highest BCUT2D eigenvalue weighted by Crippen LogP contribution is 2.39. The van der Waals surface area contributed by atoms with Gasteiger partial charge in [-0.15, -0.1) is 0 Å². The topological polar surface area (TPSA) is 18.5 Å². The quantitative estimate of drug-likeness (QED) is 0.350. The predicted octanol–water partition coefficient (Wildman–Crippen LogP) is 7.57. The van der Waals surface area contributed by atoms with E-state index in [9.17, 15) is 0 Å². The second-order valence-corrected chi connectivity index (χ2v) is 9.06. The Morgan fingerprint density at radius 1 is 0.750 bits per heavy atom. The summed E-state index contributed by atoms with van der Waals surface area (Å²) in [6.45, 7) is 5.38. The molecule has 0 saturated heterocycles. The first-order valence-electron chi connectivity index (χ1n) is 12.1. The largest absolute Gasteiger partial charge is 0.497 e. The van der Waals surface area contributed by atoms with Crippen molar-refractivity contribution in [1.29, 1.82) is 0 Å². The van der Waals surface area contributed by atoms with E-state index in [1.807, 2.05) is 0 Å². The molecule has 1 aliphatic carbocycles. The Labute approximate surface area is 193 Å². The van der Waals surface area contributed by atoms with Crippen LogP contribution in [-0.2, 0) is 12.8 Å². The molecule has 168 valence electrons. The van der Waals surface area contributed by atoms with E-state index in [-0.39, 0.29) is 0 Å². The number of hydrogen-bond acceptors (Lipinski definition) is 2. The van der Waals surface area contributed by atoms with Crippen LogP contribution in [0.1, 0.15) is 67.2 Å². The van der Waals surface area contributed by atoms with E-state index in [4.69, 9.17) is 9.47 Å². The summed E-state index contributed by atoms with van der Waals surface area (Å²) in [5.74, 6) is 3.50. The molecular formula is C30H36O2. The average molecular weight is 429 g/mol. The summed E-state index contributed by atoms with van der Waals surface area (Å²) in [5, 5.41) is 0. The highest BCUT2D eigenvalue weighted by molar-refractivity contribution is 5.35. The molecule has 32 heavy (non-hydrogen) atoms. The molecule has 2 nitrogen and oxygen atoms in total. The van der Waals surface area contributed by atoms with E-state index in [2.05, 4.69) is 86.6 Å². The molecule has 0 N–H and O–H groups in total. The summed E-state index contributed by atoms with van der Waals surface area (Å²) in [6.07, 6.45) is 5.75. The van der Waals surface area contributed by atoms with Crippen LogP contribution in [0, 0.1) is 5.92 Å². The Kier molecular flexibility index (Phi) is 7.52. The lowest BCUT2D eigenvalue weighted by atomic mass is 9.78. The zero-order valence-electron chi connectivity index (χ0n) is 19.7. The molecule has 0 spiro atoms. The molecular weight excluding hydrogens is 392 g/mol. The van der Waals surface area contributed by atoms with Crippen molar-refractivity contribution in [3.63, 3.8) is 0 Å². The Morgan fingerprint density at radius 3 is 1.88 bits per heavy atom. The van der Waals surface area contributed by atoms with E-state index in [0.717, 1.165) is 37.4 Å². The minimum Gasteiger partial charge on any atom is -0.497 e. The first-order valence-corrected chi connectivity index (χ1v) is 12.1. The van der Waals surface area contributed by atoms with E-state index in [1.54, 1.807) is 7.11 Å². The summed E-state index contributed by atoms with van der Waals surface area (Å²) in [7, 11) is 1.72. The standard InChI is InChI=1S/C30H36O2/c1-4-29(24-12-16-27(31-3)17-13-24)30(5-2)25-14-18-28(19-15-25)32-21-22-10-11-23-8-6-7-9-26(23)20-22/h6-9,12-19,22,29-30H,4-5,10-11,20-21H2,1-3H3. The minimum absolute atomic E-state index is 0.497. The van der Waals surface area contributed by atoms with Crippen LogP contribution in [0.25, 0.3) is 0 Å². The normalized spacial score (nSPS) is 17.3. The maximum Gasteiger partial charge on any atom is 0.119 e. The van der Waals surface area contributed by atoms with Gasteiger partial charge >= 0.3 is 0 Å². The second-order valence-electron chi connectivity index (χ2n) is 9.06. The number of fused-ring (bicyclic) bond motifs is 1. The van der Waals surface area contributed by atoms with Crippen molar-refractivity contribution in [3.05, 3.63) is 95.1 Å². The van der Waals surface area contributed by atoms with E-state index in [0.29, 0.717) is 17.8 Å². The van der Waals surface area contributed by atoms with Crippen molar-refractivity contribution in [3.8, 4) is 11.5 Å². The van der Waals surface area contributed by atoms with Crippen molar-refractivity contribution in [2.24, 2.45) is 5.92 Å². The number of hydrogen-bond donors (Lipinski definition) is 0. The summed E-state index contributed by atoms with van der Waals surface area (Å²) < 4.78 is 11.5. The van der Waals surface area contributed by atoms with Gasteiger partial charge in [0, 0.05) is 0 Å². The highest BCUT2D eigenvalue weighted by Gasteiger charge is 2.23. The molecule has 1 aliphatic rings. The van der Waals surface area contributed by atoms with Gasteiger partial charge in [-0.25, -0.2) is 0 Å². The van der Waals surface area contributed by atoms with Crippen LogP contribution < -0.4 is 9.47 Å².